The lowest BCUT2D eigenvalue weighted by Crippen LogP contribution is -2.51. The van der Waals surface area contributed by atoms with Gasteiger partial charge >= 0.3 is 0 Å². The molecule has 0 radical (unpaired) electrons. The summed E-state index contributed by atoms with van der Waals surface area (Å²) >= 11 is 0. The molecule has 20 heavy (non-hydrogen) atoms. The van der Waals surface area contributed by atoms with E-state index in [1.165, 1.54) is 44.9 Å². The molecular formula is C18H30O2. The molecule has 0 aromatic carbocycles. The number of fused-ring (bicyclic) bond motifs is 5. The molecule has 2 heteroatoms. The normalized spacial score (nSPS) is 58.6. The molecule has 0 spiro atoms. The van der Waals surface area contributed by atoms with Crippen molar-refractivity contribution in [2.24, 2.45) is 35.0 Å². The Kier molecular flexibility index (Phi) is 3.20. The van der Waals surface area contributed by atoms with Crippen LogP contribution in [0.25, 0.3) is 0 Å². The molecule has 4 fully saturated rings. The highest BCUT2D eigenvalue weighted by atomic mass is 16.3. The third-order valence-electron chi connectivity index (χ3n) is 7.91. The summed E-state index contributed by atoms with van der Waals surface area (Å²) in [4.78, 5) is 0. The average molecular weight is 278 g/mol. The molecule has 2 N–H and O–H groups in total. The summed E-state index contributed by atoms with van der Waals surface area (Å²) in [6, 6.07) is 0. The Balaban J connectivity index is 1.59. The molecule has 4 rings (SSSR count). The summed E-state index contributed by atoms with van der Waals surface area (Å²) in [5, 5.41) is 20.7. The van der Waals surface area contributed by atoms with Gasteiger partial charge in [0.05, 0.1) is 12.2 Å². The molecule has 4 aliphatic rings. The second-order valence-corrected chi connectivity index (χ2v) is 8.48. The van der Waals surface area contributed by atoms with Crippen LogP contribution in [0.4, 0.5) is 0 Å². The van der Waals surface area contributed by atoms with E-state index in [-0.39, 0.29) is 17.6 Å². The Morgan fingerprint density at radius 1 is 0.750 bits per heavy atom. The molecule has 2 nitrogen and oxygen atoms in total. The van der Waals surface area contributed by atoms with E-state index in [9.17, 15) is 10.2 Å². The van der Waals surface area contributed by atoms with Crippen molar-refractivity contribution < 1.29 is 10.2 Å². The van der Waals surface area contributed by atoms with Crippen molar-refractivity contribution in [3.05, 3.63) is 0 Å². The van der Waals surface area contributed by atoms with E-state index in [2.05, 4.69) is 6.92 Å². The molecule has 0 unspecified atom stereocenters. The fourth-order valence-electron chi connectivity index (χ4n) is 6.84. The number of rotatable bonds is 0. The van der Waals surface area contributed by atoms with Gasteiger partial charge in [0.1, 0.15) is 0 Å². The third-order valence-corrected chi connectivity index (χ3v) is 7.91. The first-order valence-corrected chi connectivity index (χ1v) is 8.97. The molecule has 0 aromatic rings. The predicted molar refractivity (Wildman–Crippen MR) is 79.1 cm³/mol. The first kappa shape index (κ1) is 13.6. The molecular weight excluding hydrogens is 248 g/mol. The Hall–Kier alpha value is -0.0800. The van der Waals surface area contributed by atoms with Gasteiger partial charge in [0.25, 0.3) is 0 Å². The van der Waals surface area contributed by atoms with Gasteiger partial charge < -0.3 is 10.2 Å². The first-order chi connectivity index (χ1) is 9.61. The van der Waals surface area contributed by atoms with E-state index in [4.69, 9.17) is 0 Å². The van der Waals surface area contributed by atoms with Crippen LogP contribution in [0.2, 0.25) is 0 Å². The van der Waals surface area contributed by atoms with Crippen LogP contribution in [0.3, 0.4) is 0 Å². The van der Waals surface area contributed by atoms with Crippen molar-refractivity contribution in [2.75, 3.05) is 0 Å². The lowest BCUT2D eigenvalue weighted by molar-refractivity contribution is -0.104. The maximum Gasteiger partial charge on any atom is 0.0596 e. The van der Waals surface area contributed by atoms with Gasteiger partial charge in [-0.2, -0.15) is 0 Å². The van der Waals surface area contributed by atoms with Gasteiger partial charge in [-0.15, -0.1) is 0 Å². The minimum atomic E-state index is -0.0527. The van der Waals surface area contributed by atoms with Gasteiger partial charge in [-0.1, -0.05) is 13.3 Å². The van der Waals surface area contributed by atoms with Crippen LogP contribution in [0.1, 0.15) is 64.7 Å². The molecule has 114 valence electrons. The highest BCUT2D eigenvalue weighted by Gasteiger charge is 2.57. The Morgan fingerprint density at radius 2 is 1.50 bits per heavy atom. The quantitative estimate of drug-likeness (QED) is 0.713. The SMILES string of the molecule is C[C@]12CC[C@@H]3[C@H]4CCC[C@H](O)[C@@H]4CC[C@H]3[C@@H]1CC[C@@H]2O. The van der Waals surface area contributed by atoms with E-state index in [0.717, 1.165) is 36.5 Å². The molecule has 0 bridgehead atoms. The smallest absolute Gasteiger partial charge is 0.0596 e. The van der Waals surface area contributed by atoms with Crippen molar-refractivity contribution in [2.45, 2.75) is 76.9 Å². The molecule has 0 saturated heterocycles. The second-order valence-electron chi connectivity index (χ2n) is 8.48. The minimum absolute atomic E-state index is 0.0165. The van der Waals surface area contributed by atoms with E-state index in [1.54, 1.807) is 0 Å². The van der Waals surface area contributed by atoms with Crippen LogP contribution >= 0.6 is 0 Å². The van der Waals surface area contributed by atoms with Gasteiger partial charge in [0.15, 0.2) is 0 Å². The Labute approximate surface area is 123 Å². The van der Waals surface area contributed by atoms with Crippen molar-refractivity contribution in [1.82, 2.24) is 0 Å². The fourth-order valence-corrected chi connectivity index (χ4v) is 6.84. The van der Waals surface area contributed by atoms with Crippen LogP contribution in [0, 0.1) is 35.0 Å². The number of hydrogen-bond acceptors (Lipinski definition) is 2. The van der Waals surface area contributed by atoms with Gasteiger partial charge in [-0.05, 0) is 86.4 Å². The maximum atomic E-state index is 10.4. The first-order valence-electron chi connectivity index (χ1n) is 8.97. The minimum Gasteiger partial charge on any atom is -0.393 e. The zero-order valence-corrected chi connectivity index (χ0v) is 12.8. The summed E-state index contributed by atoms with van der Waals surface area (Å²) in [5.74, 6) is 3.85. The summed E-state index contributed by atoms with van der Waals surface area (Å²) in [5.41, 5.74) is 0.210. The highest BCUT2D eigenvalue weighted by Crippen LogP contribution is 2.62. The summed E-state index contributed by atoms with van der Waals surface area (Å²) < 4.78 is 0. The van der Waals surface area contributed by atoms with Crippen LogP contribution in [-0.4, -0.2) is 22.4 Å². The van der Waals surface area contributed by atoms with Crippen LogP contribution < -0.4 is 0 Å². The summed E-state index contributed by atoms with van der Waals surface area (Å²) in [6.07, 6.45) is 10.9. The zero-order chi connectivity index (χ0) is 13.9. The largest absolute Gasteiger partial charge is 0.393 e. The third kappa shape index (κ3) is 1.76. The summed E-state index contributed by atoms with van der Waals surface area (Å²) in [7, 11) is 0. The van der Waals surface area contributed by atoms with Crippen molar-refractivity contribution in [1.29, 1.82) is 0 Å². The van der Waals surface area contributed by atoms with Crippen LogP contribution in [0.15, 0.2) is 0 Å². The standard InChI is InChI=1S/C18H30O2/c1-18-10-9-12-11-3-2-4-16(19)14(11)6-5-13(12)15(18)7-8-17(18)20/h11-17,19-20H,2-10H2,1H3/t11-,12-,13-,14-,15+,16+,17+,18+/m1/s1. The molecule has 0 aromatic heterocycles. The van der Waals surface area contributed by atoms with E-state index in [1.807, 2.05) is 0 Å². The number of aliphatic hydroxyl groups is 2. The Morgan fingerprint density at radius 3 is 2.35 bits per heavy atom. The van der Waals surface area contributed by atoms with Gasteiger partial charge in [-0.3, -0.25) is 0 Å². The molecule has 4 aliphatic carbocycles. The van der Waals surface area contributed by atoms with Gasteiger partial charge in [0, 0.05) is 0 Å². The highest BCUT2D eigenvalue weighted by molar-refractivity contribution is 5.06. The predicted octanol–water partition coefficient (Wildman–Crippen LogP) is 3.36. The van der Waals surface area contributed by atoms with Gasteiger partial charge in [0.2, 0.25) is 0 Å². The topological polar surface area (TPSA) is 40.5 Å². The summed E-state index contributed by atoms with van der Waals surface area (Å²) in [6.45, 7) is 2.35. The van der Waals surface area contributed by atoms with Crippen LogP contribution in [0.5, 0.6) is 0 Å². The average Bonchev–Trinajstić information content (AvgIpc) is 2.75. The van der Waals surface area contributed by atoms with E-state index < -0.39 is 0 Å². The van der Waals surface area contributed by atoms with Gasteiger partial charge in [-0.25, -0.2) is 0 Å². The zero-order valence-electron chi connectivity index (χ0n) is 12.8. The number of aliphatic hydroxyl groups excluding tert-OH is 2. The lowest BCUT2D eigenvalue weighted by Gasteiger charge is -2.56. The van der Waals surface area contributed by atoms with Crippen molar-refractivity contribution >= 4 is 0 Å². The van der Waals surface area contributed by atoms with Crippen LogP contribution in [-0.2, 0) is 0 Å². The number of hydrogen-bond donors (Lipinski definition) is 2. The molecule has 0 aliphatic heterocycles. The molecule has 4 saturated carbocycles. The monoisotopic (exact) mass is 278 g/mol. The maximum absolute atomic E-state index is 10.4. The lowest BCUT2D eigenvalue weighted by atomic mass is 9.50. The fraction of sp³-hybridized carbons (Fsp3) is 1.00. The van der Waals surface area contributed by atoms with Crippen molar-refractivity contribution in [3.8, 4) is 0 Å². The second kappa shape index (κ2) is 4.71. The van der Waals surface area contributed by atoms with E-state index in [0.29, 0.717) is 5.92 Å². The molecule has 0 amide bonds. The Bertz CT molecular complexity index is 382. The molecule has 8 atom stereocenters. The molecule has 0 heterocycles. The van der Waals surface area contributed by atoms with Crippen molar-refractivity contribution in [3.63, 3.8) is 0 Å². The van der Waals surface area contributed by atoms with E-state index >= 15 is 0 Å².